The lowest BCUT2D eigenvalue weighted by Crippen LogP contribution is -2.16. The zero-order valence-electron chi connectivity index (χ0n) is 16.4. The Labute approximate surface area is 174 Å². The summed E-state index contributed by atoms with van der Waals surface area (Å²) in [5, 5.41) is 2.41. The molecule has 4 aromatic rings. The molecule has 3 aliphatic rings. The minimum atomic E-state index is 0.443. The fourth-order valence-corrected chi connectivity index (χ4v) is 5.43. The number of pyridine rings is 1. The van der Waals surface area contributed by atoms with Crippen molar-refractivity contribution < 1.29 is 4.42 Å². The number of furan rings is 1. The van der Waals surface area contributed by atoms with Crippen LogP contribution in [0, 0.1) is 0 Å². The Morgan fingerprint density at radius 1 is 0.933 bits per heavy atom. The quantitative estimate of drug-likeness (QED) is 0.342. The van der Waals surface area contributed by atoms with Crippen molar-refractivity contribution in [2.24, 2.45) is 0 Å². The number of aromatic nitrogens is 1. The monoisotopic (exact) mass is 385 g/mol. The molecule has 2 heterocycles. The number of benzene rings is 2. The van der Waals surface area contributed by atoms with Gasteiger partial charge < -0.3 is 4.42 Å². The first-order valence-electron chi connectivity index (χ1n) is 10.6. The molecule has 0 fully saturated rings. The van der Waals surface area contributed by atoms with Gasteiger partial charge in [0.25, 0.3) is 0 Å². The highest BCUT2D eigenvalue weighted by Gasteiger charge is 2.31. The smallest absolute Gasteiger partial charge is 0.144 e. The van der Waals surface area contributed by atoms with Crippen molar-refractivity contribution in [3.63, 3.8) is 0 Å². The number of nitrogens with zero attached hydrogens (tertiary/aromatic N) is 1. The van der Waals surface area contributed by atoms with Crippen molar-refractivity contribution >= 4 is 28.0 Å². The van der Waals surface area contributed by atoms with E-state index in [-0.39, 0.29) is 0 Å². The molecule has 0 amide bonds. The summed E-state index contributed by atoms with van der Waals surface area (Å²) >= 11 is 0. The molecular formula is C28H19NO. The molecule has 0 aliphatic heterocycles. The number of rotatable bonds is 1. The van der Waals surface area contributed by atoms with Crippen LogP contribution in [-0.4, -0.2) is 4.98 Å². The second-order valence-corrected chi connectivity index (χ2v) is 8.28. The van der Waals surface area contributed by atoms with Crippen LogP contribution in [0.2, 0.25) is 0 Å². The second-order valence-electron chi connectivity index (χ2n) is 8.28. The Hall–Kier alpha value is -3.65. The van der Waals surface area contributed by atoms with Crippen LogP contribution in [0.15, 0.2) is 100 Å². The maximum atomic E-state index is 6.43. The molecule has 2 aromatic carbocycles. The molecule has 2 nitrogen and oxygen atoms in total. The van der Waals surface area contributed by atoms with Crippen molar-refractivity contribution in [2.45, 2.75) is 18.8 Å². The van der Waals surface area contributed by atoms with Gasteiger partial charge in [-0.2, -0.15) is 0 Å². The Bertz CT molecular complexity index is 1470. The van der Waals surface area contributed by atoms with Gasteiger partial charge in [0, 0.05) is 28.5 Å². The first-order valence-corrected chi connectivity index (χ1v) is 10.6. The lowest BCUT2D eigenvalue weighted by Gasteiger charge is -2.33. The van der Waals surface area contributed by atoms with E-state index in [1.807, 2.05) is 24.4 Å². The standard InChI is InChI=1S/C28H19NO/c1-2-15-29-24(12-1)21-10-5-11-22-27-23-16-18-8-3-6-17-7-4-9-20(26(17)18)19(23)13-14-25(27)30-28(21)22/h1-7,10-16,20H,8-9H2. The van der Waals surface area contributed by atoms with Gasteiger partial charge in [-0.1, -0.05) is 54.6 Å². The number of hydrogen-bond acceptors (Lipinski definition) is 2. The summed E-state index contributed by atoms with van der Waals surface area (Å²) in [6, 6.07) is 16.9. The lowest BCUT2D eigenvalue weighted by atomic mass is 9.70. The van der Waals surface area contributed by atoms with E-state index in [1.165, 1.54) is 38.6 Å². The van der Waals surface area contributed by atoms with E-state index in [0.29, 0.717) is 5.92 Å². The molecule has 0 radical (unpaired) electrons. The topological polar surface area (TPSA) is 26.0 Å². The molecular weight excluding hydrogens is 366 g/mol. The minimum Gasteiger partial charge on any atom is -0.455 e. The molecule has 30 heavy (non-hydrogen) atoms. The van der Waals surface area contributed by atoms with Crippen molar-refractivity contribution in [1.29, 1.82) is 0 Å². The Morgan fingerprint density at radius 3 is 2.83 bits per heavy atom. The van der Waals surface area contributed by atoms with Crippen LogP contribution in [-0.2, 0) is 0 Å². The van der Waals surface area contributed by atoms with Crippen LogP contribution < -0.4 is 0 Å². The second kappa shape index (κ2) is 5.93. The normalized spacial score (nSPS) is 19.2. The fourth-order valence-electron chi connectivity index (χ4n) is 5.43. The van der Waals surface area contributed by atoms with Crippen LogP contribution >= 0.6 is 0 Å². The summed E-state index contributed by atoms with van der Waals surface area (Å²) in [7, 11) is 0. The minimum absolute atomic E-state index is 0.443. The highest BCUT2D eigenvalue weighted by atomic mass is 16.3. The van der Waals surface area contributed by atoms with E-state index in [2.05, 4.69) is 65.7 Å². The zero-order valence-corrected chi connectivity index (χ0v) is 16.4. The van der Waals surface area contributed by atoms with Crippen molar-refractivity contribution in [3.05, 3.63) is 107 Å². The highest BCUT2D eigenvalue weighted by Crippen LogP contribution is 2.50. The Morgan fingerprint density at radius 2 is 1.90 bits per heavy atom. The van der Waals surface area contributed by atoms with Crippen LogP contribution in [0.1, 0.15) is 29.9 Å². The predicted octanol–water partition coefficient (Wildman–Crippen LogP) is 7.35. The zero-order chi connectivity index (χ0) is 19.7. The predicted molar refractivity (Wildman–Crippen MR) is 122 cm³/mol. The van der Waals surface area contributed by atoms with Crippen LogP contribution in [0.25, 0.3) is 39.3 Å². The van der Waals surface area contributed by atoms with Crippen molar-refractivity contribution in [2.75, 3.05) is 0 Å². The highest BCUT2D eigenvalue weighted by molar-refractivity contribution is 6.13. The largest absolute Gasteiger partial charge is 0.455 e. The molecule has 3 aliphatic carbocycles. The van der Waals surface area contributed by atoms with Gasteiger partial charge in [-0.3, -0.25) is 4.98 Å². The average molecular weight is 385 g/mol. The van der Waals surface area contributed by atoms with Gasteiger partial charge in [0.05, 0.1) is 5.69 Å². The molecule has 1 unspecified atom stereocenters. The molecule has 0 saturated carbocycles. The molecule has 1 atom stereocenters. The molecule has 0 N–H and O–H groups in total. The van der Waals surface area contributed by atoms with E-state index in [0.717, 1.165) is 35.3 Å². The Balaban J connectivity index is 1.55. The SMILES string of the molecule is C1=CC2=C3C(=Cc4c(ccc5oc6c(-c7ccccn7)cccc6c45)C3CC=C2)C1. The van der Waals surface area contributed by atoms with Gasteiger partial charge >= 0.3 is 0 Å². The van der Waals surface area contributed by atoms with Crippen LogP contribution in [0.4, 0.5) is 0 Å². The van der Waals surface area contributed by atoms with Gasteiger partial charge in [0.1, 0.15) is 11.2 Å². The van der Waals surface area contributed by atoms with Crippen LogP contribution in [0.3, 0.4) is 0 Å². The molecule has 0 spiro atoms. The van der Waals surface area contributed by atoms with E-state index >= 15 is 0 Å². The molecule has 0 saturated heterocycles. The molecule has 142 valence electrons. The number of para-hydroxylation sites is 1. The summed E-state index contributed by atoms with van der Waals surface area (Å²) in [5.74, 6) is 0.443. The van der Waals surface area contributed by atoms with Gasteiger partial charge in [-0.15, -0.1) is 0 Å². The lowest BCUT2D eigenvalue weighted by molar-refractivity contribution is 0.669. The average Bonchev–Trinajstić information content (AvgIpc) is 3.19. The third-order valence-electron chi connectivity index (χ3n) is 6.68. The summed E-state index contributed by atoms with van der Waals surface area (Å²) < 4.78 is 6.43. The van der Waals surface area contributed by atoms with Crippen LogP contribution in [0.5, 0.6) is 0 Å². The van der Waals surface area contributed by atoms with Crippen molar-refractivity contribution in [1.82, 2.24) is 4.98 Å². The number of fused-ring (bicyclic) bond motifs is 6. The molecule has 2 heteroatoms. The van der Waals surface area contributed by atoms with Gasteiger partial charge in [0.15, 0.2) is 0 Å². The third-order valence-corrected chi connectivity index (χ3v) is 6.68. The first-order chi connectivity index (χ1) is 14.9. The summed E-state index contributed by atoms with van der Waals surface area (Å²) in [5.41, 5.74) is 11.0. The van der Waals surface area contributed by atoms with E-state index in [9.17, 15) is 0 Å². The van der Waals surface area contributed by atoms with Crippen molar-refractivity contribution in [3.8, 4) is 11.3 Å². The van der Waals surface area contributed by atoms with E-state index < -0.39 is 0 Å². The summed E-state index contributed by atoms with van der Waals surface area (Å²) in [4.78, 5) is 4.56. The van der Waals surface area contributed by atoms with E-state index in [4.69, 9.17) is 4.42 Å². The first kappa shape index (κ1) is 16.2. The van der Waals surface area contributed by atoms with Gasteiger partial charge in [-0.05, 0) is 65.0 Å². The summed E-state index contributed by atoms with van der Waals surface area (Å²) in [6.07, 6.45) is 15.5. The number of allylic oxidation sites excluding steroid dienone is 7. The van der Waals surface area contributed by atoms with Gasteiger partial charge in [0.2, 0.25) is 0 Å². The summed E-state index contributed by atoms with van der Waals surface area (Å²) in [6.45, 7) is 0. The Kier molecular flexibility index (Phi) is 3.20. The molecule has 7 rings (SSSR count). The molecule has 2 aromatic heterocycles. The maximum Gasteiger partial charge on any atom is 0.144 e. The number of hydrogen-bond donors (Lipinski definition) is 0. The van der Waals surface area contributed by atoms with Gasteiger partial charge in [-0.25, -0.2) is 0 Å². The van der Waals surface area contributed by atoms with E-state index in [1.54, 1.807) is 0 Å². The molecule has 0 bridgehead atoms. The third kappa shape index (κ3) is 2.11. The maximum absolute atomic E-state index is 6.43. The fraction of sp³-hybridized carbons (Fsp3) is 0.107.